The van der Waals surface area contributed by atoms with Crippen molar-refractivity contribution in [3.8, 4) is 0 Å². The van der Waals surface area contributed by atoms with Gasteiger partial charge in [-0.25, -0.2) is 0 Å². The molecule has 1 aliphatic rings. The minimum atomic E-state index is -0.427. The van der Waals surface area contributed by atoms with Crippen LogP contribution in [0, 0.1) is 0 Å². The number of amides is 1. The largest absolute Gasteiger partial charge is 0.465 e. The van der Waals surface area contributed by atoms with Crippen LogP contribution in [0.25, 0.3) is 0 Å². The molecule has 1 saturated carbocycles. The van der Waals surface area contributed by atoms with E-state index in [9.17, 15) is 9.59 Å². The zero-order chi connectivity index (χ0) is 13.4. The molecule has 18 heavy (non-hydrogen) atoms. The summed E-state index contributed by atoms with van der Waals surface area (Å²) >= 11 is 1.14. The summed E-state index contributed by atoms with van der Waals surface area (Å²) in [5.41, 5.74) is 0. The fourth-order valence-electron chi connectivity index (χ4n) is 1.95. The van der Waals surface area contributed by atoms with Gasteiger partial charge in [0.2, 0.25) is 0 Å². The normalized spacial score (nSPS) is 17.4. The van der Waals surface area contributed by atoms with E-state index in [1.807, 2.05) is 0 Å². The Morgan fingerprint density at radius 2 is 2.06 bits per heavy atom. The molecule has 1 atom stereocenters. The molecule has 104 valence electrons. The summed E-state index contributed by atoms with van der Waals surface area (Å²) in [4.78, 5) is 23.2. The van der Waals surface area contributed by atoms with Gasteiger partial charge in [0.25, 0.3) is 5.24 Å². The van der Waals surface area contributed by atoms with E-state index in [1.54, 1.807) is 14.0 Å². The molecule has 6 heteroatoms. The standard InChI is InChI=1S/C12H22N2O3S/c1-3-17-11(15)10(13-2)8-18-12(16)14-9-6-4-5-7-9/h9-10,13H,3-8H2,1-2H3,(H,14,16)/t10-/m0/s1. The van der Waals surface area contributed by atoms with Gasteiger partial charge in [-0.3, -0.25) is 9.59 Å². The highest BCUT2D eigenvalue weighted by Gasteiger charge is 2.21. The second kappa shape index (κ2) is 8.37. The van der Waals surface area contributed by atoms with Gasteiger partial charge in [0, 0.05) is 11.8 Å². The third-order valence-electron chi connectivity index (χ3n) is 2.98. The van der Waals surface area contributed by atoms with Crippen LogP contribution in [0.4, 0.5) is 4.79 Å². The number of carbonyl (C=O) groups is 2. The molecule has 1 fully saturated rings. The molecule has 0 unspecified atom stereocenters. The molecule has 1 amide bonds. The van der Waals surface area contributed by atoms with Crippen LogP contribution in [0.5, 0.6) is 0 Å². The summed E-state index contributed by atoms with van der Waals surface area (Å²) in [6.07, 6.45) is 4.52. The molecule has 1 aliphatic carbocycles. The Morgan fingerprint density at radius 1 is 1.39 bits per heavy atom. The number of esters is 1. The average Bonchev–Trinajstić information content (AvgIpc) is 2.83. The van der Waals surface area contributed by atoms with Crippen LogP contribution in [-0.2, 0) is 9.53 Å². The SMILES string of the molecule is CCOC(=O)[C@H](CSC(=O)NC1CCCC1)NC. The van der Waals surface area contributed by atoms with E-state index in [1.165, 1.54) is 12.8 Å². The fourth-order valence-corrected chi connectivity index (χ4v) is 2.82. The Morgan fingerprint density at radius 3 is 2.61 bits per heavy atom. The number of likely N-dealkylation sites (N-methyl/N-ethyl adjacent to an activating group) is 1. The highest BCUT2D eigenvalue weighted by Crippen LogP contribution is 2.19. The Hall–Kier alpha value is -0.750. The fraction of sp³-hybridized carbons (Fsp3) is 0.833. The first-order chi connectivity index (χ1) is 8.67. The third-order valence-corrected chi connectivity index (χ3v) is 3.86. The Labute approximate surface area is 112 Å². The third kappa shape index (κ3) is 5.27. The lowest BCUT2D eigenvalue weighted by Crippen LogP contribution is -2.39. The van der Waals surface area contributed by atoms with Crippen molar-refractivity contribution in [3.63, 3.8) is 0 Å². The molecule has 5 nitrogen and oxygen atoms in total. The number of hydrogen-bond acceptors (Lipinski definition) is 5. The van der Waals surface area contributed by atoms with Gasteiger partial charge in [0.05, 0.1) is 6.61 Å². The number of nitrogens with one attached hydrogen (secondary N) is 2. The van der Waals surface area contributed by atoms with Crippen molar-refractivity contribution >= 4 is 23.0 Å². The molecule has 0 aliphatic heterocycles. The Kier molecular flexibility index (Phi) is 7.12. The smallest absolute Gasteiger partial charge is 0.323 e. The van der Waals surface area contributed by atoms with Crippen LogP contribution in [0.3, 0.4) is 0 Å². The molecule has 0 bridgehead atoms. The number of carbonyl (C=O) groups excluding carboxylic acids is 2. The molecule has 0 aromatic rings. The lowest BCUT2D eigenvalue weighted by Gasteiger charge is -2.15. The van der Waals surface area contributed by atoms with Crippen LogP contribution in [-0.4, -0.2) is 42.7 Å². The van der Waals surface area contributed by atoms with Crippen LogP contribution < -0.4 is 10.6 Å². The number of thioether (sulfide) groups is 1. The predicted molar refractivity (Wildman–Crippen MR) is 72.7 cm³/mol. The number of rotatable bonds is 6. The number of hydrogen-bond donors (Lipinski definition) is 2. The maximum Gasteiger partial charge on any atom is 0.323 e. The van der Waals surface area contributed by atoms with E-state index in [2.05, 4.69) is 10.6 Å². The maximum atomic E-state index is 11.7. The summed E-state index contributed by atoms with van der Waals surface area (Å²) in [6.45, 7) is 2.13. The summed E-state index contributed by atoms with van der Waals surface area (Å²) in [6, 6.07) is -0.107. The zero-order valence-corrected chi connectivity index (χ0v) is 11.8. The van der Waals surface area contributed by atoms with Gasteiger partial charge >= 0.3 is 5.97 Å². The van der Waals surface area contributed by atoms with Gasteiger partial charge in [-0.15, -0.1) is 0 Å². The van der Waals surface area contributed by atoms with Gasteiger partial charge in [0.1, 0.15) is 6.04 Å². The van der Waals surface area contributed by atoms with Crippen LogP contribution in [0.15, 0.2) is 0 Å². The summed E-state index contributed by atoms with van der Waals surface area (Å²) in [7, 11) is 1.69. The van der Waals surface area contributed by atoms with Gasteiger partial charge in [0.15, 0.2) is 0 Å². The van der Waals surface area contributed by atoms with Crippen molar-refractivity contribution in [1.82, 2.24) is 10.6 Å². The lowest BCUT2D eigenvalue weighted by molar-refractivity contribution is -0.144. The summed E-state index contributed by atoms with van der Waals surface area (Å²) in [5.74, 6) is 0.0922. The van der Waals surface area contributed by atoms with Crippen molar-refractivity contribution in [1.29, 1.82) is 0 Å². The maximum absolute atomic E-state index is 11.7. The summed E-state index contributed by atoms with van der Waals surface area (Å²) in [5, 5.41) is 5.78. The molecule has 0 aromatic carbocycles. The Balaban J connectivity index is 2.24. The van der Waals surface area contributed by atoms with Crippen molar-refractivity contribution in [2.45, 2.75) is 44.7 Å². The molecule has 0 aromatic heterocycles. The molecule has 1 rings (SSSR count). The van der Waals surface area contributed by atoms with E-state index in [4.69, 9.17) is 4.74 Å². The van der Waals surface area contributed by atoms with Gasteiger partial charge < -0.3 is 15.4 Å². The molecule has 2 N–H and O–H groups in total. The van der Waals surface area contributed by atoms with Crippen molar-refractivity contribution in [2.75, 3.05) is 19.4 Å². The van der Waals surface area contributed by atoms with Crippen LogP contribution in [0.1, 0.15) is 32.6 Å². The lowest BCUT2D eigenvalue weighted by atomic mass is 10.3. The first kappa shape index (κ1) is 15.3. The van der Waals surface area contributed by atoms with E-state index in [0.717, 1.165) is 24.6 Å². The van der Waals surface area contributed by atoms with Crippen LogP contribution in [0.2, 0.25) is 0 Å². The minimum Gasteiger partial charge on any atom is -0.465 e. The van der Waals surface area contributed by atoms with Gasteiger partial charge in [-0.1, -0.05) is 24.6 Å². The molecule has 0 radical (unpaired) electrons. The van der Waals surface area contributed by atoms with Gasteiger partial charge in [-0.2, -0.15) is 0 Å². The number of ether oxygens (including phenoxy) is 1. The molecular weight excluding hydrogens is 252 g/mol. The van der Waals surface area contributed by atoms with Crippen molar-refractivity contribution in [3.05, 3.63) is 0 Å². The second-order valence-electron chi connectivity index (χ2n) is 4.32. The summed E-state index contributed by atoms with van der Waals surface area (Å²) < 4.78 is 4.91. The monoisotopic (exact) mass is 274 g/mol. The van der Waals surface area contributed by atoms with E-state index < -0.39 is 6.04 Å². The van der Waals surface area contributed by atoms with E-state index >= 15 is 0 Å². The minimum absolute atomic E-state index is 0.0496. The quantitative estimate of drug-likeness (QED) is 0.719. The van der Waals surface area contributed by atoms with Gasteiger partial charge in [-0.05, 0) is 26.8 Å². The molecular formula is C12H22N2O3S. The predicted octanol–water partition coefficient (Wildman–Crippen LogP) is 1.52. The highest BCUT2D eigenvalue weighted by atomic mass is 32.2. The molecule has 0 saturated heterocycles. The second-order valence-corrected chi connectivity index (χ2v) is 5.31. The van der Waals surface area contributed by atoms with Crippen molar-refractivity contribution in [2.24, 2.45) is 0 Å². The Bertz CT molecular complexity index is 280. The highest BCUT2D eigenvalue weighted by molar-refractivity contribution is 8.13. The van der Waals surface area contributed by atoms with Crippen molar-refractivity contribution < 1.29 is 14.3 Å². The van der Waals surface area contributed by atoms with Crippen LogP contribution >= 0.6 is 11.8 Å². The zero-order valence-electron chi connectivity index (χ0n) is 11.0. The van der Waals surface area contributed by atoms with E-state index in [-0.39, 0.29) is 11.2 Å². The first-order valence-corrected chi connectivity index (χ1v) is 7.43. The average molecular weight is 274 g/mol. The van der Waals surface area contributed by atoms with E-state index in [0.29, 0.717) is 18.4 Å². The molecule has 0 spiro atoms. The first-order valence-electron chi connectivity index (χ1n) is 6.44. The topological polar surface area (TPSA) is 67.4 Å². The molecule has 0 heterocycles.